The van der Waals surface area contributed by atoms with Crippen LogP contribution in [0.4, 0.5) is 11.5 Å². The highest BCUT2D eigenvalue weighted by Crippen LogP contribution is 2.42. The maximum Gasteiger partial charge on any atom is 0.143 e. The minimum atomic E-state index is 0.536. The van der Waals surface area contributed by atoms with Crippen molar-refractivity contribution in [2.45, 2.75) is 13.8 Å². The van der Waals surface area contributed by atoms with Crippen LogP contribution in [0.2, 0.25) is 10.0 Å². The third-order valence-electron chi connectivity index (χ3n) is 4.32. The summed E-state index contributed by atoms with van der Waals surface area (Å²) in [6.45, 7) is 4.70. The lowest BCUT2D eigenvalue weighted by molar-refractivity contribution is 0.340. The second kappa shape index (κ2) is 7.95. The third-order valence-corrected chi connectivity index (χ3v) is 5.97. The van der Waals surface area contributed by atoms with Crippen LogP contribution in [0.25, 0.3) is 21.3 Å². The molecule has 0 radical (unpaired) electrons. The molecule has 4 nitrogen and oxygen atoms in total. The van der Waals surface area contributed by atoms with E-state index in [1.165, 1.54) is 0 Å². The molecule has 0 aliphatic heterocycles. The Labute approximate surface area is 177 Å². The lowest BCUT2D eigenvalue weighted by Crippen LogP contribution is -1.97. The standard InChI is InChI=1S/C21H17Cl2N3OS/c1-3-27-14-9-7-13(8-10-14)17-12(2)28-21-18(17)20(24-11-25-21)26-19-15(22)5-4-6-16(19)23/h4-11H,3H2,1-2H3,(H,24,25,26). The molecule has 0 fully saturated rings. The number of ether oxygens (including phenoxy) is 1. The van der Waals surface area contributed by atoms with Gasteiger partial charge in [0.25, 0.3) is 0 Å². The van der Waals surface area contributed by atoms with Crippen molar-refractivity contribution in [3.05, 3.63) is 63.7 Å². The number of aryl methyl sites for hydroxylation is 1. The van der Waals surface area contributed by atoms with Gasteiger partial charge in [-0.3, -0.25) is 0 Å². The molecular weight excluding hydrogens is 413 g/mol. The molecule has 2 aromatic heterocycles. The van der Waals surface area contributed by atoms with Gasteiger partial charge in [0.15, 0.2) is 0 Å². The Kier molecular flexibility index (Phi) is 5.40. The normalized spacial score (nSPS) is 11.0. The molecule has 0 aliphatic carbocycles. The van der Waals surface area contributed by atoms with Gasteiger partial charge in [-0.15, -0.1) is 11.3 Å². The highest BCUT2D eigenvalue weighted by Gasteiger charge is 2.18. The highest BCUT2D eigenvalue weighted by molar-refractivity contribution is 7.19. The first kappa shape index (κ1) is 19.0. The first-order valence-electron chi connectivity index (χ1n) is 8.77. The molecule has 0 atom stereocenters. The fourth-order valence-electron chi connectivity index (χ4n) is 3.11. The van der Waals surface area contributed by atoms with Crippen LogP contribution >= 0.6 is 34.5 Å². The molecule has 0 aliphatic rings. The Morgan fingerprint density at radius 3 is 2.43 bits per heavy atom. The summed E-state index contributed by atoms with van der Waals surface area (Å²) < 4.78 is 5.56. The third kappa shape index (κ3) is 3.53. The number of hydrogen-bond acceptors (Lipinski definition) is 5. The average Bonchev–Trinajstić information content (AvgIpc) is 3.02. The van der Waals surface area contributed by atoms with Gasteiger partial charge in [0.1, 0.15) is 22.7 Å². The van der Waals surface area contributed by atoms with Crippen molar-refractivity contribution in [1.82, 2.24) is 9.97 Å². The van der Waals surface area contributed by atoms with E-state index in [2.05, 4.69) is 34.3 Å². The van der Waals surface area contributed by atoms with Crippen LogP contribution in [0.15, 0.2) is 48.8 Å². The fraction of sp³-hybridized carbons (Fsp3) is 0.143. The number of nitrogens with zero attached hydrogens (tertiary/aromatic N) is 2. The van der Waals surface area contributed by atoms with Gasteiger partial charge in [-0.05, 0) is 43.7 Å². The molecule has 2 aromatic carbocycles. The summed E-state index contributed by atoms with van der Waals surface area (Å²) in [7, 11) is 0. The van der Waals surface area contributed by atoms with Crippen molar-refractivity contribution in [1.29, 1.82) is 0 Å². The number of para-hydroxylation sites is 1. The molecule has 7 heteroatoms. The number of fused-ring (bicyclic) bond motifs is 1. The number of rotatable bonds is 5. The zero-order valence-electron chi connectivity index (χ0n) is 15.3. The molecule has 0 amide bonds. The van der Waals surface area contributed by atoms with E-state index in [1.807, 2.05) is 25.1 Å². The van der Waals surface area contributed by atoms with Crippen LogP contribution in [0.3, 0.4) is 0 Å². The van der Waals surface area contributed by atoms with E-state index in [1.54, 1.807) is 29.8 Å². The number of anilines is 2. The lowest BCUT2D eigenvalue weighted by Gasteiger charge is -2.12. The van der Waals surface area contributed by atoms with Crippen LogP contribution < -0.4 is 10.1 Å². The second-order valence-electron chi connectivity index (χ2n) is 6.11. The highest BCUT2D eigenvalue weighted by atomic mass is 35.5. The van der Waals surface area contributed by atoms with Crippen LogP contribution in [0, 0.1) is 6.92 Å². The van der Waals surface area contributed by atoms with Crippen LogP contribution in [-0.4, -0.2) is 16.6 Å². The van der Waals surface area contributed by atoms with E-state index >= 15 is 0 Å². The molecule has 28 heavy (non-hydrogen) atoms. The van der Waals surface area contributed by atoms with E-state index in [9.17, 15) is 0 Å². The molecule has 0 spiro atoms. The van der Waals surface area contributed by atoms with Gasteiger partial charge in [0.05, 0.1) is 27.7 Å². The zero-order chi connectivity index (χ0) is 19.7. The largest absolute Gasteiger partial charge is 0.494 e. The van der Waals surface area contributed by atoms with Crippen LogP contribution in [-0.2, 0) is 0 Å². The number of nitrogens with one attached hydrogen (secondary N) is 1. The van der Waals surface area contributed by atoms with Crippen molar-refractivity contribution in [2.75, 3.05) is 11.9 Å². The maximum atomic E-state index is 6.34. The number of aromatic nitrogens is 2. The van der Waals surface area contributed by atoms with Gasteiger partial charge in [0.2, 0.25) is 0 Å². The van der Waals surface area contributed by atoms with Crippen molar-refractivity contribution >= 4 is 56.3 Å². The first-order valence-corrected chi connectivity index (χ1v) is 10.3. The molecule has 1 N–H and O–H groups in total. The Bertz CT molecular complexity index is 1120. The number of hydrogen-bond donors (Lipinski definition) is 1. The minimum absolute atomic E-state index is 0.536. The Morgan fingerprint density at radius 1 is 1.04 bits per heavy atom. The topological polar surface area (TPSA) is 47.0 Å². The molecule has 142 valence electrons. The Morgan fingerprint density at radius 2 is 1.75 bits per heavy atom. The van der Waals surface area contributed by atoms with Crippen molar-refractivity contribution < 1.29 is 4.74 Å². The molecule has 2 heterocycles. The summed E-state index contributed by atoms with van der Waals surface area (Å²) in [5.41, 5.74) is 2.80. The SMILES string of the molecule is CCOc1ccc(-c2c(C)sc3ncnc(Nc4c(Cl)cccc4Cl)c23)cc1. The van der Waals surface area contributed by atoms with Crippen molar-refractivity contribution in [2.24, 2.45) is 0 Å². The molecule has 0 unspecified atom stereocenters. The summed E-state index contributed by atoms with van der Waals surface area (Å²) in [4.78, 5) is 11.0. The Hall–Kier alpha value is -2.34. The smallest absolute Gasteiger partial charge is 0.143 e. The summed E-state index contributed by atoms with van der Waals surface area (Å²) >= 11 is 14.3. The van der Waals surface area contributed by atoms with E-state index in [0.717, 1.165) is 32.0 Å². The molecule has 4 rings (SSSR count). The zero-order valence-corrected chi connectivity index (χ0v) is 17.6. The molecule has 0 saturated carbocycles. The van der Waals surface area contributed by atoms with E-state index in [4.69, 9.17) is 27.9 Å². The van der Waals surface area contributed by atoms with E-state index in [0.29, 0.717) is 28.2 Å². The number of halogens is 2. The van der Waals surface area contributed by atoms with Gasteiger partial charge in [-0.1, -0.05) is 41.4 Å². The Balaban J connectivity index is 1.85. The summed E-state index contributed by atoms with van der Waals surface area (Å²) in [5.74, 6) is 1.52. The monoisotopic (exact) mass is 429 g/mol. The maximum absolute atomic E-state index is 6.34. The molecule has 4 aromatic rings. The fourth-order valence-corrected chi connectivity index (χ4v) is 4.61. The molecular formula is C21H17Cl2N3OS. The average molecular weight is 430 g/mol. The van der Waals surface area contributed by atoms with Crippen LogP contribution in [0.5, 0.6) is 5.75 Å². The number of benzene rings is 2. The van der Waals surface area contributed by atoms with Crippen molar-refractivity contribution in [3.63, 3.8) is 0 Å². The second-order valence-corrected chi connectivity index (χ2v) is 8.13. The quantitative estimate of drug-likeness (QED) is 0.366. The van der Waals surface area contributed by atoms with Gasteiger partial charge in [-0.25, -0.2) is 9.97 Å². The van der Waals surface area contributed by atoms with Gasteiger partial charge < -0.3 is 10.1 Å². The first-order chi connectivity index (χ1) is 13.6. The van der Waals surface area contributed by atoms with Gasteiger partial charge in [-0.2, -0.15) is 0 Å². The number of thiophene rings is 1. The van der Waals surface area contributed by atoms with Gasteiger partial charge in [0, 0.05) is 10.4 Å². The lowest BCUT2D eigenvalue weighted by atomic mass is 10.0. The van der Waals surface area contributed by atoms with Crippen LogP contribution in [0.1, 0.15) is 11.8 Å². The predicted octanol–water partition coefficient (Wildman–Crippen LogP) is 7.12. The molecule has 0 saturated heterocycles. The van der Waals surface area contributed by atoms with Gasteiger partial charge >= 0.3 is 0 Å². The summed E-state index contributed by atoms with van der Waals surface area (Å²) in [6, 6.07) is 13.5. The van der Waals surface area contributed by atoms with E-state index < -0.39 is 0 Å². The van der Waals surface area contributed by atoms with E-state index in [-0.39, 0.29) is 0 Å². The van der Waals surface area contributed by atoms with Crippen molar-refractivity contribution in [3.8, 4) is 16.9 Å². The summed E-state index contributed by atoms with van der Waals surface area (Å²) in [5, 5.41) is 5.33. The predicted molar refractivity (Wildman–Crippen MR) is 119 cm³/mol. The summed E-state index contributed by atoms with van der Waals surface area (Å²) in [6.07, 6.45) is 1.55. The minimum Gasteiger partial charge on any atom is -0.494 e. The molecule has 0 bridgehead atoms.